The van der Waals surface area contributed by atoms with Crippen molar-refractivity contribution >= 4 is 11.4 Å². The summed E-state index contributed by atoms with van der Waals surface area (Å²) in [7, 11) is 0. The Labute approximate surface area is 115 Å². The molecule has 0 aliphatic carbocycles. The van der Waals surface area contributed by atoms with E-state index in [-0.39, 0.29) is 6.61 Å². The highest BCUT2D eigenvalue weighted by molar-refractivity contribution is 5.74. The molecule has 106 valence electrons. The van der Waals surface area contributed by atoms with Crippen LogP contribution in [0.15, 0.2) is 18.2 Å². The molecule has 0 saturated carbocycles. The summed E-state index contributed by atoms with van der Waals surface area (Å²) in [5, 5.41) is 9.02. The normalized spacial score (nSPS) is 18.8. The Kier molecular flexibility index (Phi) is 4.91. The lowest BCUT2D eigenvalue weighted by Crippen LogP contribution is -2.21. The van der Waals surface area contributed by atoms with E-state index in [0.29, 0.717) is 12.5 Å². The monoisotopic (exact) mass is 264 g/mol. The zero-order chi connectivity index (χ0) is 13.7. The second-order valence-corrected chi connectivity index (χ2v) is 5.15. The van der Waals surface area contributed by atoms with E-state index in [2.05, 4.69) is 17.9 Å². The third-order valence-corrected chi connectivity index (χ3v) is 3.67. The Hall–Kier alpha value is -1.42. The Balaban J connectivity index is 2.08. The second kappa shape index (κ2) is 6.66. The summed E-state index contributed by atoms with van der Waals surface area (Å²) < 4.78 is 5.67. The van der Waals surface area contributed by atoms with Crippen molar-refractivity contribution in [3.63, 3.8) is 0 Å². The van der Waals surface area contributed by atoms with Gasteiger partial charge in [0.1, 0.15) is 5.75 Å². The summed E-state index contributed by atoms with van der Waals surface area (Å²) in [6.45, 7) is 5.03. The highest BCUT2D eigenvalue weighted by atomic mass is 16.5. The number of para-hydroxylation sites is 1. The lowest BCUT2D eigenvalue weighted by Gasteiger charge is -2.22. The molecule has 4 heteroatoms. The maximum atomic E-state index is 9.02. The van der Waals surface area contributed by atoms with Crippen molar-refractivity contribution < 1.29 is 9.84 Å². The van der Waals surface area contributed by atoms with Crippen LogP contribution in [0.25, 0.3) is 0 Å². The molecule has 1 heterocycles. The maximum absolute atomic E-state index is 9.02. The molecule has 4 nitrogen and oxygen atoms in total. The molecule has 0 radical (unpaired) electrons. The minimum absolute atomic E-state index is 0.271. The molecule has 1 aromatic carbocycles. The summed E-state index contributed by atoms with van der Waals surface area (Å²) in [5.74, 6) is 1.36. The first-order valence-electron chi connectivity index (χ1n) is 7.13. The lowest BCUT2D eigenvalue weighted by atomic mass is 10.1. The van der Waals surface area contributed by atoms with Crippen molar-refractivity contribution in [3.8, 4) is 5.75 Å². The van der Waals surface area contributed by atoms with Crippen molar-refractivity contribution in [3.05, 3.63) is 18.2 Å². The van der Waals surface area contributed by atoms with Gasteiger partial charge in [-0.25, -0.2) is 0 Å². The number of aliphatic hydroxyl groups excluding tert-OH is 1. The van der Waals surface area contributed by atoms with Crippen molar-refractivity contribution in [1.82, 2.24) is 0 Å². The Morgan fingerprint density at radius 1 is 1.47 bits per heavy atom. The van der Waals surface area contributed by atoms with Crippen LogP contribution >= 0.6 is 0 Å². The van der Waals surface area contributed by atoms with Crippen LogP contribution in [-0.4, -0.2) is 31.4 Å². The molecule has 1 atom stereocenters. The summed E-state index contributed by atoms with van der Waals surface area (Å²) in [5.41, 5.74) is 8.01. The number of aliphatic hydroxyl groups is 1. The fraction of sp³-hybridized carbons (Fsp3) is 0.600. The van der Waals surface area contributed by atoms with E-state index >= 15 is 0 Å². The van der Waals surface area contributed by atoms with Gasteiger partial charge in [0.2, 0.25) is 0 Å². The molecule has 1 fully saturated rings. The van der Waals surface area contributed by atoms with E-state index in [9.17, 15) is 0 Å². The number of benzene rings is 1. The Bertz CT molecular complexity index is 409. The average molecular weight is 264 g/mol. The van der Waals surface area contributed by atoms with Gasteiger partial charge in [0.05, 0.1) is 18.0 Å². The molecule has 3 N–H and O–H groups in total. The van der Waals surface area contributed by atoms with E-state index in [1.165, 1.54) is 0 Å². The first-order chi connectivity index (χ1) is 9.26. The summed E-state index contributed by atoms with van der Waals surface area (Å²) >= 11 is 0. The number of hydrogen-bond donors (Lipinski definition) is 2. The fourth-order valence-corrected chi connectivity index (χ4v) is 2.62. The highest BCUT2D eigenvalue weighted by Gasteiger charge is 2.24. The van der Waals surface area contributed by atoms with E-state index in [1.807, 2.05) is 12.1 Å². The molecule has 1 aliphatic heterocycles. The minimum atomic E-state index is 0.271. The summed E-state index contributed by atoms with van der Waals surface area (Å²) in [6, 6.07) is 5.97. The minimum Gasteiger partial charge on any atom is -0.491 e. The number of nitrogens with two attached hydrogens (primary N) is 1. The molecule has 1 unspecified atom stereocenters. The molecule has 0 aromatic heterocycles. The van der Waals surface area contributed by atoms with Gasteiger partial charge in [-0.15, -0.1) is 0 Å². The number of rotatable bonds is 6. The van der Waals surface area contributed by atoms with Crippen LogP contribution in [0.5, 0.6) is 5.75 Å². The van der Waals surface area contributed by atoms with E-state index < -0.39 is 0 Å². The van der Waals surface area contributed by atoms with Crippen LogP contribution in [-0.2, 0) is 0 Å². The third-order valence-electron chi connectivity index (χ3n) is 3.67. The quantitative estimate of drug-likeness (QED) is 0.774. The molecule has 2 rings (SSSR count). The number of hydrogen-bond acceptors (Lipinski definition) is 4. The van der Waals surface area contributed by atoms with Gasteiger partial charge >= 0.3 is 0 Å². The van der Waals surface area contributed by atoms with Gasteiger partial charge in [0.25, 0.3) is 0 Å². The molecule has 0 amide bonds. The van der Waals surface area contributed by atoms with Crippen LogP contribution in [0.4, 0.5) is 11.4 Å². The van der Waals surface area contributed by atoms with Crippen LogP contribution < -0.4 is 15.4 Å². The zero-order valence-corrected chi connectivity index (χ0v) is 11.6. The van der Waals surface area contributed by atoms with Gasteiger partial charge in [-0.2, -0.15) is 0 Å². The Morgan fingerprint density at radius 3 is 3.05 bits per heavy atom. The van der Waals surface area contributed by atoms with Crippen molar-refractivity contribution in [1.29, 1.82) is 0 Å². The van der Waals surface area contributed by atoms with Crippen LogP contribution in [0.3, 0.4) is 0 Å². The van der Waals surface area contributed by atoms with Crippen molar-refractivity contribution in [2.24, 2.45) is 5.92 Å². The molecular weight excluding hydrogens is 240 g/mol. The van der Waals surface area contributed by atoms with E-state index in [0.717, 1.165) is 49.5 Å². The Morgan fingerprint density at radius 2 is 2.32 bits per heavy atom. The fourth-order valence-electron chi connectivity index (χ4n) is 2.62. The number of nitrogens with zero attached hydrogens (tertiary/aromatic N) is 1. The molecule has 19 heavy (non-hydrogen) atoms. The SMILES string of the molecule is CCCOc1cccc(N2CCC(CCO)C2)c1N. The van der Waals surface area contributed by atoms with Crippen molar-refractivity contribution in [2.75, 3.05) is 36.9 Å². The smallest absolute Gasteiger partial charge is 0.144 e. The van der Waals surface area contributed by atoms with Crippen LogP contribution in [0, 0.1) is 5.92 Å². The number of nitrogen functional groups attached to an aromatic ring is 1. The first-order valence-corrected chi connectivity index (χ1v) is 7.13. The zero-order valence-electron chi connectivity index (χ0n) is 11.6. The van der Waals surface area contributed by atoms with Gasteiger partial charge < -0.3 is 20.5 Å². The van der Waals surface area contributed by atoms with Gasteiger partial charge in [0, 0.05) is 19.7 Å². The van der Waals surface area contributed by atoms with Crippen molar-refractivity contribution in [2.45, 2.75) is 26.2 Å². The summed E-state index contributed by atoms with van der Waals surface area (Å²) in [6.07, 6.45) is 2.98. The van der Waals surface area contributed by atoms with Gasteiger partial charge in [-0.3, -0.25) is 0 Å². The molecule has 0 bridgehead atoms. The molecule has 1 aliphatic rings. The number of anilines is 2. The topological polar surface area (TPSA) is 58.7 Å². The van der Waals surface area contributed by atoms with Gasteiger partial charge in [-0.1, -0.05) is 13.0 Å². The number of ether oxygens (including phenoxy) is 1. The third kappa shape index (κ3) is 3.32. The predicted octanol–water partition coefficient (Wildman–Crippen LogP) is 2.27. The molecular formula is C15H24N2O2. The molecule has 1 saturated heterocycles. The average Bonchev–Trinajstić information content (AvgIpc) is 2.86. The van der Waals surface area contributed by atoms with E-state index in [1.54, 1.807) is 0 Å². The van der Waals surface area contributed by atoms with Gasteiger partial charge in [-0.05, 0) is 37.3 Å². The molecule has 1 aromatic rings. The largest absolute Gasteiger partial charge is 0.491 e. The molecule has 0 spiro atoms. The lowest BCUT2D eigenvalue weighted by molar-refractivity contribution is 0.263. The van der Waals surface area contributed by atoms with E-state index in [4.69, 9.17) is 15.6 Å². The van der Waals surface area contributed by atoms with Gasteiger partial charge in [0.15, 0.2) is 0 Å². The predicted molar refractivity (Wildman–Crippen MR) is 78.7 cm³/mol. The summed E-state index contributed by atoms with van der Waals surface area (Å²) in [4.78, 5) is 2.30. The van der Waals surface area contributed by atoms with Crippen LogP contribution in [0.1, 0.15) is 26.2 Å². The first kappa shape index (κ1) is 14.0. The standard InChI is InChI=1S/C15H24N2O2/c1-2-10-19-14-5-3-4-13(15(14)16)17-8-6-12(11-17)7-9-18/h3-5,12,18H,2,6-11,16H2,1H3. The highest BCUT2D eigenvalue weighted by Crippen LogP contribution is 2.35. The second-order valence-electron chi connectivity index (χ2n) is 5.15. The van der Waals surface area contributed by atoms with Crippen LogP contribution in [0.2, 0.25) is 0 Å². The maximum Gasteiger partial charge on any atom is 0.144 e.